The van der Waals surface area contributed by atoms with Crippen LogP contribution in [-0.4, -0.2) is 59.2 Å². The second kappa shape index (κ2) is 18.7. The summed E-state index contributed by atoms with van der Waals surface area (Å²) in [6.07, 6.45) is 20.0. The molecule has 5 aliphatic carbocycles. The van der Waals surface area contributed by atoms with Crippen LogP contribution in [0.3, 0.4) is 0 Å². The Hall–Kier alpha value is -1.24. The second-order valence-electron chi connectivity index (χ2n) is 17.6. The molecule has 0 aromatic carbocycles. The van der Waals surface area contributed by atoms with E-state index in [1.165, 1.54) is 76.7 Å². The van der Waals surface area contributed by atoms with Crippen LogP contribution >= 0.6 is 0 Å². The first-order chi connectivity index (χ1) is 23.1. The van der Waals surface area contributed by atoms with Crippen molar-refractivity contribution >= 4 is 17.9 Å². The minimum atomic E-state index is -1.42. The number of fused-ring (bicyclic) bond motifs is 5. The van der Waals surface area contributed by atoms with Gasteiger partial charge in [0.15, 0.2) is 0 Å². The summed E-state index contributed by atoms with van der Waals surface area (Å²) < 4.78 is 5.87. The molecule has 0 aromatic heterocycles. The Kier molecular flexibility index (Phi) is 16.1. The van der Waals surface area contributed by atoms with E-state index in [1.807, 2.05) is 0 Å². The molecule has 5 rings (SSSR count). The van der Waals surface area contributed by atoms with Crippen molar-refractivity contribution in [2.24, 2.45) is 52.3 Å². The Morgan fingerprint density at radius 2 is 1.70 bits per heavy atom. The maximum Gasteiger partial charge on any atom is 0.323 e. The van der Waals surface area contributed by atoms with E-state index in [0.717, 1.165) is 66.6 Å². The molecular formula is C41H67N2O6Pt-3. The monoisotopic (exact) mass is 878 g/mol. The van der Waals surface area contributed by atoms with Gasteiger partial charge >= 0.3 is 11.9 Å². The molecule has 11 atom stereocenters. The van der Waals surface area contributed by atoms with Crippen molar-refractivity contribution in [1.82, 2.24) is 4.90 Å². The Labute approximate surface area is 317 Å². The average molecular weight is 879 g/mol. The SMILES string of the molecule is CC(C)CCC[C@@H](C)[C@H]1CCC2C3CC=C4C[C@@H](OC(=O)[C@H](C)N(CC(=O)[O-])CC(=O)O)CC[C@]4(C)C3CC[C@@]21C.[CH2-]C1CCCCC1[NH-].[Pt]. The average Bonchev–Trinajstić information content (AvgIpc) is 3.39. The molecule has 5 unspecified atom stereocenters. The van der Waals surface area contributed by atoms with Gasteiger partial charge in [-0.05, 0) is 98.2 Å². The number of aliphatic carboxylic acids is 2. The second-order valence-corrected chi connectivity index (χ2v) is 17.6. The Bertz CT molecular complexity index is 1150. The molecule has 0 radical (unpaired) electrons. The van der Waals surface area contributed by atoms with Crippen LogP contribution in [0, 0.1) is 59.2 Å². The number of carboxylic acid groups (broad SMARTS) is 2. The van der Waals surface area contributed by atoms with Gasteiger partial charge in [-0.2, -0.15) is 12.0 Å². The molecule has 0 aliphatic heterocycles. The molecule has 5 aliphatic rings. The first-order valence-corrected chi connectivity index (χ1v) is 19.7. The van der Waals surface area contributed by atoms with Crippen LogP contribution < -0.4 is 5.11 Å². The topological polar surface area (TPSA) is 131 Å². The van der Waals surface area contributed by atoms with E-state index >= 15 is 0 Å². The third kappa shape index (κ3) is 10.2. The molecule has 8 nitrogen and oxygen atoms in total. The Morgan fingerprint density at radius 1 is 1.00 bits per heavy atom. The zero-order valence-corrected chi connectivity index (χ0v) is 34.1. The van der Waals surface area contributed by atoms with Crippen molar-refractivity contribution in [2.75, 3.05) is 13.1 Å². The van der Waals surface area contributed by atoms with Gasteiger partial charge in [-0.1, -0.05) is 91.2 Å². The number of carbonyl (C=O) groups is 3. The van der Waals surface area contributed by atoms with E-state index < -0.39 is 37.0 Å². The zero-order valence-electron chi connectivity index (χ0n) is 31.8. The van der Waals surface area contributed by atoms with Crippen LogP contribution in [0.1, 0.15) is 138 Å². The molecule has 4 fully saturated rings. The molecule has 0 saturated heterocycles. The normalized spacial score (nSPS) is 36.0. The molecule has 50 heavy (non-hydrogen) atoms. The number of ether oxygens (including phenoxy) is 1. The number of nitrogens with zero attached hydrogens (tertiary/aromatic N) is 1. The van der Waals surface area contributed by atoms with Crippen LogP contribution in [0.2, 0.25) is 0 Å². The number of esters is 1. The molecule has 0 amide bonds. The van der Waals surface area contributed by atoms with Crippen molar-refractivity contribution < 1.29 is 50.4 Å². The standard InChI is InChI=1S/C34H55NO6.C7H13N.Pt/c1-21(2)8-7-9-22(3)27-12-13-28-26-11-10-24-18-25(14-16-33(24,5)29(26)15-17-34(27,28)6)41-32(40)23(4)35(19-30(36)37)20-31(38)39;1-6-4-2-3-5-7(6)8;/h10,21-23,25-29H,7-9,11-20H2,1-6H3,(H,36,37)(H,38,39);6-8H,1-5H2;/q;-2;/p-1/t22-,23+,25+,26?,27-,28?,29?,33+,34-;;/m1../s1. The van der Waals surface area contributed by atoms with Gasteiger partial charge in [-0.25, -0.2) is 0 Å². The quantitative estimate of drug-likeness (QED) is 0.120. The van der Waals surface area contributed by atoms with E-state index in [-0.39, 0.29) is 38.6 Å². The number of carboxylic acids is 2. The molecular weight excluding hydrogens is 812 g/mol. The van der Waals surface area contributed by atoms with Crippen LogP contribution in [-0.2, 0) is 40.2 Å². The summed E-state index contributed by atoms with van der Waals surface area (Å²) in [5.74, 6) is 1.89. The first-order valence-electron chi connectivity index (χ1n) is 19.7. The van der Waals surface area contributed by atoms with Crippen LogP contribution in [0.4, 0.5) is 0 Å². The molecule has 0 bridgehead atoms. The summed E-state index contributed by atoms with van der Waals surface area (Å²) in [5, 5.41) is 20.3. The van der Waals surface area contributed by atoms with E-state index in [1.54, 1.807) is 0 Å². The van der Waals surface area contributed by atoms with Gasteiger partial charge in [-0.3, -0.25) is 14.5 Å². The largest absolute Gasteiger partial charge is 0.677 e. The molecule has 2 N–H and O–H groups in total. The van der Waals surface area contributed by atoms with Gasteiger partial charge < -0.3 is 32.4 Å². The minimum absolute atomic E-state index is 0. The third-order valence-electron chi connectivity index (χ3n) is 14.0. The maximum atomic E-state index is 12.9. The smallest absolute Gasteiger partial charge is 0.323 e. The fraction of sp³-hybridized carbons (Fsp3) is 0.854. The predicted molar refractivity (Wildman–Crippen MR) is 192 cm³/mol. The zero-order chi connectivity index (χ0) is 36.1. The third-order valence-corrected chi connectivity index (χ3v) is 14.0. The van der Waals surface area contributed by atoms with Crippen molar-refractivity contribution in [3.63, 3.8) is 0 Å². The number of nitrogens with one attached hydrogen (secondary N) is 1. The van der Waals surface area contributed by atoms with E-state index in [2.05, 4.69) is 47.6 Å². The van der Waals surface area contributed by atoms with Crippen molar-refractivity contribution in [2.45, 2.75) is 156 Å². The predicted octanol–water partition coefficient (Wildman–Crippen LogP) is 7.89. The maximum absolute atomic E-state index is 12.9. The summed E-state index contributed by atoms with van der Waals surface area (Å²) in [4.78, 5) is 36.3. The Morgan fingerprint density at radius 3 is 2.30 bits per heavy atom. The number of hydrogen-bond acceptors (Lipinski definition) is 6. The van der Waals surface area contributed by atoms with Gasteiger partial charge in [0.1, 0.15) is 12.1 Å². The van der Waals surface area contributed by atoms with E-state index in [9.17, 15) is 19.5 Å². The molecule has 4 saturated carbocycles. The summed E-state index contributed by atoms with van der Waals surface area (Å²) >= 11 is 0. The van der Waals surface area contributed by atoms with Gasteiger partial charge in [0.25, 0.3) is 0 Å². The van der Waals surface area contributed by atoms with Gasteiger partial charge in [0.2, 0.25) is 0 Å². The van der Waals surface area contributed by atoms with Crippen molar-refractivity contribution in [3.8, 4) is 0 Å². The van der Waals surface area contributed by atoms with Crippen molar-refractivity contribution in [1.29, 1.82) is 0 Å². The molecule has 0 heterocycles. The van der Waals surface area contributed by atoms with E-state index in [4.69, 9.17) is 15.6 Å². The Balaban J connectivity index is 0.000000660. The molecule has 0 aromatic rings. The fourth-order valence-corrected chi connectivity index (χ4v) is 11.0. The summed E-state index contributed by atoms with van der Waals surface area (Å²) in [5.41, 5.74) is 9.44. The van der Waals surface area contributed by atoms with Gasteiger partial charge in [-0.15, -0.1) is 0 Å². The number of hydrogen-bond donors (Lipinski definition) is 1. The van der Waals surface area contributed by atoms with Crippen molar-refractivity contribution in [3.05, 3.63) is 24.3 Å². The van der Waals surface area contributed by atoms with Gasteiger partial charge in [0.05, 0.1) is 12.5 Å². The summed E-state index contributed by atoms with van der Waals surface area (Å²) in [7, 11) is 0. The molecule has 9 heteroatoms. The van der Waals surface area contributed by atoms with E-state index in [0.29, 0.717) is 17.3 Å². The summed E-state index contributed by atoms with van der Waals surface area (Å²) in [6, 6.07) is -0.829. The van der Waals surface area contributed by atoms with Crippen LogP contribution in [0.5, 0.6) is 0 Å². The first kappa shape index (κ1) is 43.2. The summed E-state index contributed by atoms with van der Waals surface area (Å²) in [6.45, 7) is 16.5. The van der Waals surface area contributed by atoms with Crippen LogP contribution in [0.25, 0.3) is 5.73 Å². The molecule has 0 spiro atoms. The molecule has 290 valence electrons. The van der Waals surface area contributed by atoms with Gasteiger partial charge in [0, 0.05) is 34.0 Å². The van der Waals surface area contributed by atoms with Crippen LogP contribution in [0.15, 0.2) is 11.6 Å². The number of allylic oxidation sites excluding steroid dienone is 1. The minimum Gasteiger partial charge on any atom is -0.677 e. The number of rotatable bonds is 12. The fourth-order valence-electron chi connectivity index (χ4n) is 11.0. The number of carbonyl (C=O) groups excluding carboxylic acids is 2.